The summed E-state index contributed by atoms with van der Waals surface area (Å²) in [6, 6.07) is 0. The summed E-state index contributed by atoms with van der Waals surface area (Å²) in [5, 5.41) is 8.21. The molecule has 2 nitrogen and oxygen atoms in total. The second kappa shape index (κ2) is 4.23. The van der Waals surface area contributed by atoms with Crippen molar-refractivity contribution in [3.05, 3.63) is 0 Å². The monoisotopic (exact) mass is 153 g/mol. The van der Waals surface area contributed by atoms with Crippen molar-refractivity contribution in [1.82, 2.24) is 0 Å². The van der Waals surface area contributed by atoms with Crippen LogP contribution in [0.2, 0.25) is 0 Å². The number of ether oxygens (including phenoxy) is 1. The Balaban J connectivity index is 2.25. The van der Waals surface area contributed by atoms with Crippen molar-refractivity contribution in [2.24, 2.45) is 11.8 Å². The number of hydrogen-bond acceptors (Lipinski definition) is 2. The van der Waals surface area contributed by atoms with Crippen LogP contribution in [0, 0.1) is 23.4 Å². The molecule has 2 unspecified atom stereocenters. The van der Waals surface area contributed by atoms with Gasteiger partial charge >= 0.3 is 0 Å². The van der Waals surface area contributed by atoms with Crippen LogP contribution >= 0.6 is 0 Å². The normalized spacial score (nSPS) is 30.9. The second-order valence-electron chi connectivity index (χ2n) is 3.42. The Labute approximate surface area is 68.2 Å². The van der Waals surface area contributed by atoms with E-state index in [0.29, 0.717) is 12.5 Å². The predicted octanol–water partition coefficient (Wildman–Crippen LogP) is 2.31. The van der Waals surface area contributed by atoms with Gasteiger partial charge in [0.1, 0.15) is 6.61 Å². The van der Waals surface area contributed by atoms with Gasteiger partial charge in [0, 0.05) is 0 Å². The zero-order chi connectivity index (χ0) is 8.10. The standard InChI is InChI=1S/C9H15NO/c1-8-4-2-3-5-9(8)6-11-7-10/h8-9H,2-6H2,1H3. The third-order valence-electron chi connectivity index (χ3n) is 2.65. The van der Waals surface area contributed by atoms with E-state index >= 15 is 0 Å². The van der Waals surface area contributed by atoms with Crippen LogP contribution in [0.4, 0.5) is 0 Å². The maximum atomic E-state index is 8.21. The fraction of sp³-hybridized carbons (Fsp3) is 0.889. The van der Waals surface area contributed by atoms with Crippen LogP contribution in [0.25, 0.3) is 0 Å². The van der Waals surface area contributed by atoms with Gasteiger partial charge in [-0.15, -0.1) is 0 Å². The van der Waals surface area contributed by atoms with Crippen LogP contribution in [0.15, 0.2) is 0 Å². The fourth-order valence-electron chi connectivity index (χ4n) is 1.78. The van der Waals surface area contributed by atoms with Gasteiger partial charge in [-0.25, -0.2) is 0 Å². The Bertz CT molecular complexity index is 150. The van der Waals surface area contributed by atoms with E-state index in [-0.39, 0.29) is 0 Å². The SMILES string of the molecule is CC1CCCCC1COC#N. The summed E-state index contributed by atoms with van der Waals surface area (Å²) in [6.07, 6.45) is 6.94. The van der Waals surface area contributed by atoms with Gasteiger partial charge in [-0.05, 0) is 18.3 Å². The van der Waals surface area contributed by atoms with E-state index in [0.717, 1.165) is 5.92 Å². The van der Waals surface area contributed by atoms with E-state index in [9.17, 15) is 0 Å². The molecule has 0 aromatic heterocycles. The third-order valence-corrected chi connectivity index (χ3v) is 2.65. The van der Waals surface area contributed by atoms with Crippen molar-refractivity contribution in [3.8, 4) is 6.26 Å². The van der Waals surface area contributed by atoms with Crippen LogP contribution in [-0.4, -0.2) is 6.61 Å². The molecule has 1 rings (SSSR count). The maximum absolute atomic E-state index is 8.21. The molecule has 2 heteroatoms. The van der Waals surface area contributed by atoms with E-state index in [1.807, 2.05) is 0 Å². The number of nitriles is 1. The summed E-state index contributed by atoms with van der Waals surface area (Å²) < 4.78 is 4.75. The summed E-state index contributed by atoms with van der Waals surface area (Å²) in [4.78, 5) is 0. The van der Waals surface area contributed by atoms with Crippen molar-refractivity contribution in [2.45, 2.75) is 32.6 Å². The molecule has 0 saturated heterocycles. The van der Waals surface area contributed by atoms with E-state index in [2.05, 4.69) is 6.92 Å². The zero-order valence-electron chi connectivity index (χ0n) is 7.05. The average molecular weight is 153 g/mol. The summed E-state index contributed by atoms with van der Waals surface area (Å²) in [6.45, 7) is 2.89. The van der Waals surface area contributed by atoms with Crippen molar-refractivity contribution in [3.63, 3.8) is 0 Å². The lowest BCUT2D eigenvalue weighted by atomic mass is 9.81. The molecular weight excluding hydrogens is 138 g/mol. The predicted molar refractivity (Wildman–Crippen MR) is 42.7 cm³/mol. The third kappa shape index (κ3) is 2.42. The highest BCUT2D eigenvalue weighted by molar-refractivity contribution is 4.72. The molecule has 0 aromatic rings. The van der Waals surface area contributed by atoms with E-state index in [1.165, 1.54) is 25.7 Å². The van der Waals surface area contributed by atoms with Gasteiger partial charge in [0.2, 0.25) is 0 Å². The Hall–Kier alpha value is -0.710. The molecular formula is C9H15NO. The quantitative estimate of drug-likeness (QED) is 0.570. The summed E-state index contributed by atoms with van der Waals surface area (Å²) in [5.41, 5.74) is 0. The van der Waals surface area contributed by atoms with Crippen LogP contribution in [0.1, 0.15) is 32.6 Å². The first-order valence-electron chi connectivity index (χ1n) is 4.35. The molecule has 0 amide bonds. The Morgan fingerprint density at radius 2 is 2.18 bits per heavy atom. The van der Waals surface area contributed by atoms with E-state index < -0.39 is 0 Å². The largest absolute Gasteiger partial charge is 0.427 e. The molecule has 62 valence electrons. The Morgan fingerprint density at radius 3 is 2.82 bits per heavy atom. The Morgan fingerprint density at radius 1 is 1.45 bits per heavy atom. The lowest BCUT2D eigenvalue weighted by molar-refractivity contribution is 0.137. The van der Waals surface area contributed by atoms with Gasteiger partial charge in [0.25, 0.3) is 6.26 Å². The molecule has 1 saturated carbocycles. The molecule has 0 aliphatic heterocycles. The van der Waals surface area contributed by atoms with Crippen molar-refractivity contribution in [1.29, 1.82) is 5.26 Å². The average Bonchev–Trinajstić information content (AvgIpc) is 2.03. The van der Waals surface area contributed by atoms with Gasteiger partial charge in [0.15, 0.2) is 0 Å². The van der Waals surface area contributed by atoms with Gasteiger partial charge in [-0.2, -0.15) is 5.26 Å². The molecule has 2 atom stereocenters. The summed E-state index contributed by atoms with van der Waals surface area (Å²) in [7, 11) is 0. The Kier molecular flexibility index (Phi) is 3.22. The first kappa shape index (κ1) is 8.39. The molecule has 0 N–H and O–H groups in total. The van der Waals surface area contributed by atoms with Gasteiger partial charge < -0.3 is 4.74 Å². The first-order valence-corrected chi connectivity index (χ1v) is 4.35. The molecule has 1 aliphatic rings. The number of hydrogen-bond donors (Lipinski definition) is 0. The number of rotatable bonds is 2. The van der Waals surface area contributed by atoms with E-state index in [1.54, 1.807) is 6.26 Å². The van der Waals surface area contributed by atoms with Crippen molar-refractivity contribution in [2.75, 3.05) is 6.61 Å². The van der Waals surface area contributed by atoms with E-state index in [4.69, 9.17) is 10.00 Å². The topological polar surface area (TPSA) is 33.0 Å². The fourth-order valence-corrected chi connectivity index (χ4v) is 1.78. The highest BCUT2D eigenvalue weighted by Gasteiger charge is 2.21. The second-order valence-corrected chi connectivity index (χ2v) is 3.42. The smallest absolute Gasteiger partial charge is 0.286 e. The van der Waals surface area contributed by atoms with Crippen LogP contribution in [0.3, 0.4) is 0 Å². The van der Waals surface area contributed by atoms with Crippen molar-refractivity contribution >= 4 is 0 Å². The van der Waals surface area contributed by atoms with Crippen LogP contribution in [0.5, 0.6) is 0 Å². The summed E-state index contributed by atoms with van der Waals surface area (Å²) >= 11 is 0. The highest BCUT2D eigenvalue weighted by Crippen LogP contribution is 2.29. The minimum Gasteiger partial charge on any atom is -0.427 e. The van der Waals surface area contributed by atoms with Crippen LogP contribution in [-0.2, 0) is 4.74 Å². The molecule has 1 fully saturated rings. The van der Waals surface area contributed by atoms with Crippen molar-refractivity contribution < 1.29 is 4.74 Å². The minimum absolute atomic E-state index is 0.628. The maximum Gasteiger partial charge on any atom is 0.286 e. The lowest BCUT2D eigenvalue weighted by Crippen LogP contribution is -2.20. The van der Waals surface area contributed by atoms with Gasteiger partial charge in [0.05, 0.1) is 0 Å². The van der Waals surface area contributed by atoms with Gasteiger partial charge in [-0.1, -0.05) is 26.2 Å². The molecule has 0 bridgehead atoms. The van der Waals surface area contributed by atoms with Gasteiger partial charge in [-0.3, -0.25) is 0 Å². The lowest BCUT2D eigenvalue weighted by Gasteiger charge is -2.27. The molecule has 11 heavy (non-hydrogen) atoms. The first-order chi connectivity index (χ1) is 5.34. The molecule has 0 spiro atoms. The number of nitrogens with zero attached hydrogens (tertiary/aromatic N) is 1. The molecule has 0 aromatic carbocycles. The van der Waals surface area contributed by atoms with Crippen LogP contribution < -0.4 is 0 Å². The molecule has 0 heterocycles. The zero-order valence-corrected chi connectivity index (χ0v) is 7.05. The molecule has 1 aliphatic carbocycles. The molecule has 0 radical (unpaired) electrons. The highest BCUT2D eigenvalue weighted by atomic mass is 16.5. The minimum atomic E-state index is 0.628. The summed E-state index contributed by atoms with van der Waals surface area (Å²) in [5.74, 6) is 1.38.